The highest BCUT2D eigenvalue weighted by molar-refractivity contribution is 7.13. The van der Waals surface area contributed by atoms with Crippen molar-refractivity contribution in [1.29, 1.82) is 0 Å². The van der Waals surface area contributed by atoms with Crippen LogP contribution in [0.15, 0.2) is 95.4 Å². The summed E-state index contributed by atoms with van der Waals surface area (Å²) in [6.07, 6.45) is 3.43. The molecule has 0 fully saturated rings. The lowest BCUT2D eigenvalue weighted by molar-refractivity contribution is 0.0949. The number of nitrogens with zero attached hydrogens (tertiary/aromatic N) is 4. The summed E-state index contributed by atoms with van der Waals surface area (Å²) in [5.41, 5.74) is 3.91. The molecule has 172 valence electrons. The van der Waals surface area contributed by atoms with Gasteiger partial charge in [0.1, 0.15) is 10.6 Å². The van der Waals surface area contributed by atoms with Crippen LogP contribution in [0, 0.1) is 0 Å². The summed E-state index contributed by atoms with van der Waals surface area (Å²) in [5, 5.41) is 10.2. The van der Waals surface area contributed by atoms with Gasteiger partial charge in [-0.2, -0.15) is 5.10 Å². The van der Waals surface area contributed by atoms with E-state index >= 15 is 0 Å². The molecule has 0 aliphatic rings. The van der Waals surface area contributed by atoms with E-state index in [-0.39, 0.29) is 12.1 Å². The number of amides is 1. The van der Waals surface area contributed by atoms with Gasteiger partial charge in [0.25, 0.3) is 11.5 Å². The van der Waals surface area contributed by atoms with Gasteiger partial charge in [-0.05, 0) is 17.7 Å². The summed E-state index contributed by atoms with van der Waals surface area (Å²) in [6.45, 7) is 0.195. The molecule has 5 aromatic rings. The Morgan fingerprint density at radius 3 is 2.26 bits per heavy atom. The van der Waals surface area contributed by atoms with Gasteiger partial charge in [-0.25, -0.2) is 9.67 Å². The molecule has 3 aromatic heterocycles. The second-order valence-corrected chi connectivity index (χ2v) is 8.68. The Bertz CT molecular complexity index is 1530. The van der Waals surface area contributed by atoms with Gasteiger partial charge < -0.3 is 5.32 Å². The van der Waals surface area contributed by atoms with Crippen molar-refractivity contribution in [2.75, 3.05) is 0 Å². The van der Waals surface area contributed by atoms with Crippen molar-refractivity contribution in [3.8, 4) is 33.0 Å². The van der Waals surface area contributed by atoms with Crippen LogP contribution in [-0.2, 0) is 13.6 Å². The Kier molecular flexibility index (Phi) is 6.28. The van der Waals surface area contributed by atoms with E-state index in [1.54, 1.807) is 19.4 Å². The molecule has 0 unspecified atom stereocenters. The van der Waals surface area contributed by atoms with Crippen LogP contribution in [0.3, 0.4) is 0 Å². The molecule has 0 spiro atoms. The first kappa shape index (κ1) is 22.4. The third kappa shape index (κ3) is 4.64. The number of rotatable bonds is 6. The van der Waals surface area contributed by atoms with Crippen LogP contribution >= 0.6 is 11.3 Å². The van der Waals surface area contributed by atoms with Gasteiger partial charge in [0.15, 0.2) is 0 Å². The maximum atomic E-state index is 13.5. The Labute approximate surface area is 205 Å². The Balaban J connectivity index is 1.53. The number of aromatic nitrogens is 4. The van der Waals surface area contributed by atoms with Crippen LogP contribution < -0.4 is 10.9 Å². The molecule has 0 bridgehead atoms. The molecule has 7 nitrogen and oxygen atoms in total. The molecule has 0 aliphatic carbocycles. The molecule has 5 rings (SSSR count). The highest BCUT2D eigenvalue weighted by Gasteiger charge is 2.24. The Morgan fingerprint density at radius 1 is 0.914 bits per heavy atom. The van der Waals surface area contributed by atoms with Gasteiger partial charge in [-0.3, -0.25) is 14.6 Å². The number of carbonyl (C=O) groups excluding carboxylic acids is 1. The summed E-state index contributed by atoms with van der Waals surface area (Å²) in [5.74, 6) is -0.470. The predicted molar refractivity (Wildman–Crippen MR) is 137 cm³/mol. The molecule has 1 N–H and O–H groups in total. The Hall–Kier alpha value is -4.43. The van der Waals surface area contributed by atoms with Gasteiger partial charge in [-0.1, -0.05) is 60.7 Å². The molecular weight excluding hydrogens is 458 g/mol. The van der Waals surface area contributed by atoms with Crippen LogP contribution in [0.1, 0.15) is 16.1 Å². The standard InChI is InChI=1S/C27H21N5O2S/c1-32-27(34)23(25(33)29-16-21-17-35-26(30-21)20-12-14-28-15-13-20)22(18-8-4-2-5-9-18)24(31-32)19-10-6-3-7-11-19/h2-15,17H,16H2,1H3,(H,29,33). The van der Waals surface area contributed by atoms with Crippen molar-refractivity contribution in [2.45, 2.75) is 6.54 Å². The van der Waals surface area contributed by atoms with Crippen molar-refractivity contribution in [1.82, 2.24) is 25.1 Å². The average Bonchev–Trinajstić information content (AvgIpc) is 3.39. The second-order valence-electron chi connectivity index (χ2n) is 7.82. The molecule has 8 heteroatoms. The second kappa shape index (κ2) is 9.82. The van der Waals surface area contributed by atoms with Crippen LogP contribution in [-0.4, -0.2) is 25.7 Å². The fourth-order valence-corrected chi connectivity index (χ4v) is 4.63. The first-order chi connectivity index (χ1) is 17.1. The molecule has 2 aromatic carbocycles. The summed E-state index contributed by atoms with van der Waals surface area (Å²) in [6, 6.07) is 22.7. The van der Waals surface area contributed by atoms with Crippen molar-refractivity contribution in [2.24, 2.45) is 7.05 Å². The van der Waals surface area contributed by atoms with E-state index < -0.39 is 11.5 Å². The van der Waals surface area contributed by atoms with Crippen LogP contribution in [0.2, 0.25) is 0 Å². The summed E-state index contributed by atoms with van der Waals surface area (Å²) in [7, 11) is 1.56. The minimum absolute atomic E-state index is 0.0529. The third-order valence-electron chi connectivity index (χ3n) is 5.49. The van der Waals surface area contributed by atoms with E-state index in [9.17, 15) is 9.59 Å². The van der Waals surface area contributed by atoms with E-state index in [1.807, 2.05) is 78.2 Å². The molecule has 3 heterocycles. The van der Waals surface area contributed by atoms with Gasteiger partial charge >= 0.3 is 0 Å². The molecule has 0 atom stereocenters. The van der Waals surface area contributed by atoms with Gasteiger partial charge in [0.2, 0.25) is 0 Å². The summed E-state index contributed by atoms with van der Waals surface area (Å²) < 4.78 is 1.22. The minimum atomic E-state index is -0.470. The fourth-order valence-electron chi connectivity index (χ4n) is 3.80. The first-order valence-corrected chi connectivity index (χ1v) is 11.8. The smallest absolute Gasteiger partial charge is 0.280 e. The lowest BCUT2D eigenvalue weighted by Gasteiger charge is -2.15. The van der Waals surface area contributed by atoms with Crippen LogP contribution in [0.5, 0.6) is 0 Å². The lowest BCUT2D eigenvalue weighted by Crippen LogP contribution is -2.34. The average molecular weight is 480 g/mol. The van der Waals surface area contributed by atoms with E-state index in [0.717, 1.165) is 21.7 Å². The summed E-state index contributed by atoms with van der Waals surface area (Å²) in [4.78, 5) is 35.3. The number of aryl methyl sites for hydroxylation is 1. The number of benzene rings is 2. The maximum absolute atomic E-state index is 13.5. The SMILES string of the molecule is Cn1nc(-c2ccccc2)c(-c2ccccc2)c(C(=O)NCc2csc(-c3ccncc3)n2)c1=O. The van der Waals surface area contributed by atoms with E-state index in [0.29, 0.717) is 17.0 Å². The van der Waals surface area contributed by atoms with Gasteiger partial charge in [0.05, 0.1) is 17.9 Å². The molecule has 0 radical (unpaired) electrons. The lowest BCUT2D eigenvalue weighted by atomic mass is 9.95. The maximum Gasteiger partial charge on any atom is 0.280 e. The first-order valence-electron chi connectivity index (χ1n) is 11.0. The zero-order valence-electron chi connectivity index (χ0n) is 18.9. The van der Waals surface area contributed by atoms with Gasteiger partial charge in [0, 0.05) is 41.5 Å². The molecule has 0 saturated heterocycles. The number of thiazole rings is 1. The van der Waals surface area contributed by atoms with Crippen molar-refractivity contribution in [3.63, 3.8) is 0 Å². The largest absolute Gasteiger partial charge is 0.346 e. The zero-order chi connectivity index (χ0) is 24.2. The van der Waals surface area contributed by atoms with Gasteiger partial charge in [-0.15, -0.1) is 11.3 Å². The fraction of sp³-hybridized carbons (Fsp3) is 0.0741. The number of hydrogen-bond acceptors (Lipinski definition) is 6. The quantitative estimate of drug-likeness (QED) is 0.386. The van der Waals surface area contributed by atoms with Crippen molar-refractivity contribution >= 4 is 17.2 Å². The zero-order valence-corrected chi connectivity index (χ0v) is 19.7. The number of nitrogens with one attached hydrogen (secondary N) is 1. The molecular formula is C27H21N5O2S. The normalized spacial score (nSPS) is 10.8. The topological polar surface area (TPSA) is 89.8 Å². The highest BCUT2D eigenvalue weighted by atomic mass is 32.1. The number of hydrogen-bond donors (Lipinski definition) is 1. The molecule has 35 heavy (non-hydrogen) atoms. The number of carbonyl (C=O) groups is 1. The van der Waals surface area contributed by atoms with Crippen molar-refractivity contribution < 1.29 is 4.79 Å². The van der Waals surface area contributed by atoms with Crippen molar-refractivity contribution in [3.05, 3.63) is 112 Å². The molecule has 0 saturated carbocycles. The van der Waals surface area contributed by atoms with Crippen LogP contribution in [0.25, 0.3) is 33.0 Å². The van der Waals surface area contributed by atoms with E-state index in [4.69, 9.17) is 0 Å². The van der Waals surface area contributed by atoms with Crippen LogP contribution in [0.4, 0.5) is 0 Å². The molecule has 0 aliphatic heterocycles. The predicted octanol–water partition coefficient (Wildman–Crippen LogP) is 4.56. The minimum Gasteiger partial charge on any atom is -0.346 e. The third-order valence-corrected chi connectivity index (χ3v) is 6.43. The number of pyridine rings is 1. The summed E-state index contributed by atoms with van der Waals surface area (Å²) >= 11 is 1.49. The monoisotopic (exact) mass is 479 g/mol. The molecule has 1 amide bonds. The highest BCUT2D eigenvalue weighted by Crippen LogP contribution is 2.32. The van der Waals surface area contributed by atoms with E-state index in [2.05, 4.69) is 20.4 Å². The van der Waals surface area contributed by atoms with E-state index in [1.165, 1.54) is 16.0 Å². The Morgan fingerprint density at radius 2 is 1.57 bits per heavy atom.